The van der Waals surface area contributed by atoms with Gasteiger partial charge in [0.25, 0.3) is 11.6 Å². The number of ether oxygens (including phenoxy) is 1. The van der Waals surface area contributed by atoms with Crippen molar-refractivity contribution in [2.45, 2.75) is 13.8 Å². The monoisotopic (exact) mass is 417 g/mol. The van der Waals surface area contributed by atoms with E-state index >= 15 is 0 Å². The van der Waals surface area contributed by atoms with Crippen LogP contribution in [0.1, 0.15) is 18.2 Å². The second kappa shape index (κ2) is 7.91. The van der Waals surface area contributed by atoms with E-state index in [9.17, 15) is 14.9 Å². The fraction of sp³-hybridized carbons (Fsp3) is 0.130. The summed E-state index contributed by atoms with van der Waals surface area (Å²) in [4.78, 5) is 23.9. The van der Waals surface area contributed by atoms with E-state index in [4.69, 9.17) is 9.15 Å². The average Bonchev–Trinajstić information content (AvgIpc) is 3.34. The van der Waals surface area contributed by atoms with Crippen molar-refractivity contribution in [3.63, 3.8) is 0 Å². The second-order valence-electron chi connectivity index (χ2n) is 7.04. The fourth-order valence-corrected chi connectivity index (χ4v) is 3.26. The number of rotatable bonds is 5. The molecule has 0 atom stereocenters. The van der Waals surface area contributed by atoms with Crippen LogP contribution in [0.25, 0.3) is 17.4 Å². The normalized spacial score (nSPS) is 14.8. The van der Waals surface area contributed by atoms with Crippen molar-refractivity contribution < 1.29 is 18.9 Å². The van der Waals surface area contributed by atoms with E-state index in [1.54, 1.807) is 37.3 Å². The minimum atomic E-state index is -0.491. The zero-order valence-electron chi connectivity index (χ0n) is 17.2. The number of hydrogen-bond acceptors (Lipinski definition) is 6. The zero-order chi connectivity index (χ0) is 22.1. The van der Waals surface area contributed by atoms with E-state index in [0.29, 0.717) is 39.8 Å². The molecule has 1 aliphatic heterocycles. The number of carbonyl (C=O) groups is 1. The Morgan fingerprint density at radius 1 is 1.10 bits per heavy atom. The molecule has 1 aromatic heterocycles. The molecule has 0 fully saturated rings. The molecule has 0 saturated carbocycles. The second-order valence-corrected chi connectivity index (χ2v) is 7.04. The average molecular weight is 417 g/mol. The molecule has 1 amide bonds. The molecule has 0 unspecified atom stereocenters. The number of carbonyl (C=O) groups excluding carboxylic acids is 1. The first-order valence-corrected chi connectivity index (χ1v) is 9.48. The molecular formula is C23H19N3O5. The number of nitro benzene ring substituents is 1. The largest absolute Gasteiger partial charge is 0.497 e. The lowest BCUT2D eigenvalue weighted by Gasteiger charge is -2.11. The van der Waals surface area contributed by atoms with Crippen molar-refractivity contribution in [3.05, 3.63) is 81.6 Å². The minimum absolute atomic E-state index is 0.131. The highest BCUT2D eigenvalue weighted by Gasteiger charge is 2.29. The highest BCUT2D eigenvalue weighted by atomic mass is 16.6. The summed E-state index contributed by atoms with van der Waals surface area (Å²) in [5.74, 6) is 0.819. The number of hydrogen-bond donors (Lipinski definition) is 0. The first-order chi connectivity index (χ1) is 14.9. The smallest absolute Gasteiger partial charge is 0.284 e. The lowest BCUT2D eigenvalue weighted by molar-refractivity contribution is -0.384. The number of anilines is 1. The third-order valence-electron chi connectivity index (χ3n) is 4.92. The van der Waals surface area contributed by atoms with Crippen molar-refractivity contribution in [2.24, 2.45) is 5.10 Å². The topological polar surface area (TPSA) is 98.2 Å². The van der Waals surface area contributed by atoms with E-state index in [-0.39, 0.29) is 11.6 Å². The van der Waals surface area contributed by atoms with E-state index in [0.717, 1.165) is 5.56 Å². The number of amides is 1. The zero-order valence-corrected chi connectivity index (χ0v) is 17.2. The van der Waals surface area contributed by atoms with Gasteiger partial charge in [0.15, 0.2) is 0 Å². The molecule has 156 valence electrons. The highest BCUT2D eigenvalue weighted by Crippen LogP contribution is 2.35. The summed E-state index contributed by atoms with van der Waals surface area (Å²) < 4.78 is 10.9. The molecule has 3 aromatic rings. The molecule has 2 aromatic carbocycles. The van der Waals surface area contributed by atoms with Crippen LogP contribution in [0.2, 0.25) is 0 Å². The maximum atomic E-state index is 12.9. The predicted octanol–water partition coefficient (Wildman–Crippen LogP) is 4.98. The molecule has 2 heterocycles. The van der Waals surface area contributed by atoms with Gasteiger partial charge in [-0.2, -0.15) is 10.1 Å². The maximum Gasteiger partial charge on any atom is 0.284 e. The summed E-state index contributed by atoms with van der Waals surface area (Å²) >= 11 is 0. The van der Waals surface area contributed by atoms with Crippen molar-refractivity contribution in [1.29, 1.82) is 0 Å². The van der Waals surface area contributed by atoms with Crippen LogP contribution in [0.15, 0.2) is 69.7 Å². The Balaban J connectivity index is 1.65. The number of nitro groups is 1. The van der Waals surface area contributed by atoms with Gasteiger partial charge in [-0.1, -0.05) is 17.7 Å². The molecular weight excluding hydrogens is 398 g/mol. The van der Waals surface area contributed by atoms with Crippen LogP contribution < -0.4 is 9.75 Å². The standard InChI is InChI=1S/C23H19N3O5/c1-14-4-6-16(7-5-14)25-23(27)20(15(2)24-25)12-18-9-11-22(31-18)19-10-8-17(30-3)13-21(19)26(28)29/h4-13H,1-3H3/b20-12-. The summed E-state index contributed by atoms with van der Waals surface area (Å²) in [6, 6.07) is 15.3. The Hall–Kier alpha value is -4.20. The lowest BCUT2D eigenvalue weighted by Crippen LogP contribution is -2.21. The van der Waals surface area contributed by atoms with Gasteiger partial charge in [-0.05, 0) is 56.3 Å². The van der Waals surface area contributed by atoms with E-state index in [2.05, 4.69) is 5.10 Å². The molecule has 0 bridgehead atoms. The van der Waals surface area contributed by atoms with Gasteiger partial charge >= 0.3 is 0 Å². The van der Waals surface area contributed by atoms with Crippen LogP contribution in [0, 0.1) is 17.0 Å². The molecule has 8 nitrogen and oxygen atoms in total. The molecule has 4 rings (SSSR count). The van der Waals surface area contributed by atoms with Crippen molar-refractivity contribution in [1.82, 2.24) is 0 Å². The van der Waals surface area contributed by atoms with Crippen LogP contribution in [0.4, 0.5) is 11.4 Å². The summed E-state index contributed by atoms with van der Waals surface area (Å²) in [5.41, 5.74) is 2.90. The SMILES string of the molecule is COc1ccc(-c2ccc(/C=C3\C(=O)N(c4ccc(C)cc4)N=C3C)o2)c([N+](=O)[O-])c1. The lowest BCUT2D eigenvalue weighted by atomic mass is 10.1. The maximum absolute atomic E-state index is 12.9. The quantitative estimate of drug-likeness (QED) is 0.331. The molecule has 31 heavy (non-hydrogen) atoms. The van der Waals surface area contributed by atoms with Crippen LogP contribution in [-0.4, -0.2) is 23.7 Å². The van der Waals surface area contributed by atoms with Crippen LogP contribution in [0.3, 0.4) is 0 Å². The molecule has 1 aliphatic rings. The molecule has 0 radical (unpaired) electrons. The molecule has 0 aliphatic carbocycles. The van der Waals surface area contributed by atoms with Gasteiger partial charge in [-0.25, -0.2) is 0 Å². The Labute approximate surface area is 178 Å². The molecule has 0 saturated heterocycles. The molecule has 0 spiro atoms. The summed E-state index contributed by atoms with van der Waals surface area (Å²) in [5, 5.41) is 17.2. The van der Waals surface area contributed by atoms with Gasteiger partial charge in [0.05, 0.1) is 40.6 Å². The minimum Gasteiger partial charge on any atom is -0.497 e. The first-order valence-electron chi connectivity index (χ1n) is 9.48. The number of hydrazone groups is 1. The van der Waals surface area contributed by atoms with E-state index < -0.39 is 4.92 Å². The fourth-order valence-electron chi connectivity index (χ4n) is 3.26. The van der Waals surface area contributed by atoms with Crippen molar-refractivity contribution in [3.8, 4) is 17.1 Å². The number of nitrogens with zero attached hydrogens (tertiary/aromatic N) is 3. The van der Waals surface area contributed by atoms with Gasteiger partial charge in [-0.3, -0.25) is 14.9 Å². The Morgan fingerprint density at radius 3 is 2.52 bits per heavy atom. The summed E-state index contributed by atoms with van der Waals surface area (Å²) in [6.45, 7) is 3.72. The van der Waals surface area contributed by atoms with E-state index in [1.807, 2.05) is 31.2 Å². The number of benzene rings is 2. The number of methoxy groups -OCH3 is 1. The van der Waals surface area contributed by atoms with Crippen molar-refractivity contribution >= 4 is 29.1 Å². The van der Waals surface area contributed by atoms with Crippen LogP contribution >= 0.6 is 0 Å². The van der Waals surface area contributed by atoms with Gasteiger partial charge in [0, 0.05) is 0 Å². The van der Waals surface area contributed by atoms with Gasteiger partial charge < -0.3 is 9.15 Å². The first kappa shape index (κ1) is 20.1. The Kier molecular flexibility index (Phi) is 5.12. The molecule has 8 heteroatoms. The van der Waals surface area contributed by atoms with Crippen LogP contribution in [0.5, 0.6) is 5.75 Å². The van der Waals surface area contributed by atoms with E-state index in [1.165, 1.54) is 18.2 Å². The Morgan fingerprint density at radius 2 is 1.84 bits per heavy atom. The van der Waals surface area contributed by atoms with Crippen LogP contribution in [-0.2, 0) is 4.79 Å². The number of aryl methyl sites for hydroxylation is 1. The summed E-state index contributed by atoms with van der Waals surface area (Å²) in [7, 11) is 1.44. The Bertz CT molecular complexity index is 1240. The summed E-state index contributed by atoms with van der Waals surface area (Å²) in [6.07, 6.45) is 1.59. The van der Waals surface area contributed by atoms with Gasteiger partial charge in [-0.15, -0.1) is 0 Å². The predicted molar refractivity (Wildman–Crippen MR) is 117 cm³/mol. The highest BCUT2D eigenvalue weighted by molar-refractivity contribution is 6.32. The van der Waals surface area contributed by atoms with Gasteiger partial charge in [0.2, 0.25) is 0 Å². The van der Waals surface area contributed by atoms with Gasteiger partial charge in [0.1, 0.15) is 17.3 Å². The molecule has 0 N–H and O–H groups in total. The van der Waals surface area contributed by atoms with Crippen molar-refractivity contribution in [2.75, 3.05) is 12.1 Å². The third-order valence-corrected chi connectivity index (χ3v) is 4.92. The third kappa shape index (κ3) is 3.83. The number of furan rings is 1.